The van der Waals surface area contributed by atoms with Gasteiger partial charge in [-0.1, -0.05) is 0 Å². The molecule has 2 aromatic rings. The Morgan fingerprint density at radius 1 is 1.56 bits per heavy atom. The molecule has 1 unspecified atom stereocenters. The molecule has 0 radical (unpaired) electrons. The van der Waals surface area contributed by atoms with Crippen LogP contribution in [0.5, 0.6) is 0 Å². The van der Waals surface area contributed by atoms with E-state index in [2.05, 4.69) is 37.7 Å². The van der Waals surface area contributed by atoms with Crippen LogP contribution < -0.4 is 5.32 Å². The highest BCUT2D eigenvalue weighted by Gasteiger charge is 2.25. The number of hydrogen-bond acceptors (Lipinski definition) is 4. The van der Waals surface area contributed by atoms with Crippen molar-refractivity contribution in [1.29, 1.82) is 0 Å². The minimum atomic E-state index is 0.304. The molecule has 16 heavy (non-hydrogen) atoms. The lowest BCUT2D eigenvalue weighted by atomic mass is 10.0. The number of rotatable bonds is 1. The molecular formula is C11H11BrN2S2. The van der Waals surface area contributed by atoms with Gasteiger partial charge < -0.3 is 5.32 Å². The number of hydrogen-bond donors (Lipinski definition) is 1. The molecule has 2 aromatic heterocycles. The Morgan fingerprint density at radius 2 is 2.44 bits per heavy atom. The maximum atomic E-state index is 4.63. The minimum Gasteiger partial charge on any atom is -0.303 e. The minimum absolute atomic E-state index is 0.304. The number of aromatic nitrogens is 1. The average Bonchev–Trinajstić information content (AvgIpc) is 2.85. The molecule has 1 aliphatic heterocycles. The molecule has 0 bridgehead atoms. The number of halogens is 1. The Balaban J connectivity index is 2.03. The fraction of sp³-hybridized carbons (Fsp3) is 0.364. The van der Waals surface area contributed by atoms with Crippen LogP contribution in [0.25, 0.3) is 0 Å². The van der Waals surface area contributed by atoms with Crippen molar-refractivity contribution in [2.45, 2.75) is 19.4 Å². The van der Waals surface area contributed by atoms with Crippen molar-refractivity contribution in [3.63, 3.8) is 0 Å². The highest BCUT2D eigenvalue weighted by Crippen LogP contribution is 2.36. The Bertz CT molecular complexity index is 498. The molecule has 0 aliphatic carbocycles. The van der Waals surface area contributed by atoms with Crippen molar-refractivity contribution in [3.8, 4) is 0 Å². The molecule has 0 amide bonds. The van der Waals surface area contributed by atoms with Gasteiger partial charge in [0.15, 0.2) is 0 Å². The van der Waals surface area contributed by atoms with Crippen LogP contribution in [0.3, 0.4) is 0 Å². The fourth-order valence-electron chi connectivity index (χ4n) is 1.97. The van der Waals surface area contributed by atoms with Crippen LogP contribution in [-0.2, 0) is 6.42 Å². The van der Waals surface area contributed by atoms with Crippen LogP contribution in [-0.4, -0.2) is 11.5 Å². The zero-order chi connectivity index (χ0) is 11.1. The Kier molecular flexibility index (Phi) is 2.87. The number of aryl methyl sites for hydroxylation is 1. The highest BCUT2D eigenvalue weighted by atomic mass is 79.9. The van der Waals surface area contributed by atoms with Gasteiger partial charge in [0.25, 0.3) is 0 Å². The molecule has 1 N–H and O–H groups in total. The first-order valence-corrected chi connectivity index (χ1v) is 7.67. The Labute approximate surface area is 111 Å². The first kappa shape index (κ1) is 10.9. The van der Waals surface area contributed by atoms with E-state index in [1.807, 2.05) is 18.3 Å². The second kappa shape index (κ2) is 4.22. The zero-order valence-electron chi connectivity index (χ0n) is 8.79. The van der Waals surface area contributed by atoms with Gasteiger partial charge in [0.2, 0.25) is 0 Å². The van der Waals surface area contributed by atoms with E-state index in [0.717, 1.165) is 22.4 Å². The van der Waals surface area contributed by atoms with E-state index in [1.54, 1.807) is 11.3 Å². The number of thiophene rings is 1. The molecule has 0 saturated heterocycles. The molecule has 3 heterocycles. The Morgan fingerprint density at radius 3 is 3.19 bits per heavy atom. The maximum Gasteiger partial charge on any atom is 0.116 e. The molecule has 5 heteroatoms. The van der Waals surface area contributed by atoms with Crippen LogP contribution in [0.4, 0.5) is 0 Å². The monoisotopic (exact) mass is 314 g/mol. The van der Waals surface area contributed by atoms with Crippen LogP contribution in [0.15, 0.2) is 15.2 Å². The van der Waals surface area contributed by atoms with Gasteiger partial charge in [0, 0.05) is 11.4 Å². The van der Waals surface area contributed by atoms with E-state index in [0.29, 0.717) is 6.04 Å². The van der Waals surface area contributed by atoms with Crippen molar-refractivity contribution in [1.82, 2.24) is 10.3 Å². The molecule has 1 aliphatic rings. The first-order valence-electron chi connectivity index (χ1n) is 5.18. The lowest BCUT2D eigenvalue weighted by Gasteiger charge is -2.21. The van der Waals surface area contributed by atoms with Gasteiger partial charge in [-0.05, 0) is 46.3 Å². The number of thiazole rings is 1. The summed E-state index contributed by atoms with van der Waals surface area (Å²) in [7, 11) is 0. The van der Waals surface area contributed by atoms with Crippen molar-refractivity contribution >= 4 is 38.6 Å². The van der Waals surface area contributed by atoms with Gasteiger partial charge in [-0.25, -0.2) is 4.98 Å². The van der Waals surface area contributed by atoms with E-state index in [4.69, 9.17) is 0 Å². The third-order valence-corrected chi connectivity index (χ3v) is 5.88. The SMILES string of the molecule is Cc1nc(C2NCCc3ccsc32)sc1Br. The summed E-state index contributed by atoms with van der Waals surface area (Å²) in [6.07, 6.45) is 1.14. The van der Waals surface area contributed by atoms with Gasteiger partial charge in [0.1, 0.15) is 5.01 Å². The summed E-state index contributed by atoms with van der Waals surface area (Å²) in [6, 6.07) is 2.54. The third-order valence-electron chi connectivity index (χ3n) is 2.79. The van der Waals surface area contributed by atoms with E-state index < -0.39 is 0 Å². The zero-order valence-corrected chi connectivity index (χ0v) is 12.0. The largest absolute Gasteiger partial charge is 0.303 e. The second-order valence-corrected chi connectivity index (χ2v) is 7.15. The predicted octanol–water partition coefficient (Wildman–Crippen LogP) is 3.51. The van der Waals surface area contributed by atoms with Crippen LogP contribution in [0.1, 0.15) is 27.2 Å². The summed E-state index contributed by atoms with van der Waals surface area (Å²) in [6.45, 7) is 3.09. The standard InChI is InChI=1S/C11H11BrN2S2/c1-6-10(12)16-11(14-6)8-9-7(2-4-13-8)3-5-15-9/h3,5,8,13H,2,4H2,1H3. The molecule has 0 fully saturated rings. The summed E-state index contributed by atoms with van der Waals surface area (Å²) < 4.78 is 1.15. The summed E-state index contributed by atoms with van der Waals surface area (Å²) in [5.74, 6) is 0. The predicted molar refractivity (Wildman–Crippen MR) is 72.4 cm³/mol. The lowest BCUT2D eigenvalue weighted by Crippen LogP contribution is -2.29. The summed E-state index contributed by atoms with van der Waals surface area (Å²) in [5.41, 5.74) is 2.57. The number of nitrogens with zero attached hydrogens (tertiary/aromatic N) is 1. The smallest absolute Gasteiger partial charge is 0.116 e. The van der Waals surface area contributed by atoms with Gasteiger partial charge in [-0.15, -0.1) is 22.7 Å². The summed E-state index contributed by atoms with van der Waals surface area (Å²) in [5, 5.41) is 6.91. The maximum absolute atomic E-state index is 4.63. The van der Waals surface area contributed by atoms with E-state index >= 15 is 0 Å². The fourth-order valence-corrected chi connectivity index (χ4v) is 4.54. The molecule has 3 rings (SSSR count). The summed E-state index contributed by atoms with van der Waals surface area (Å²) >= 11 is 7.11. The molecule has 0 saturated carbocycles. The number of fused-ring (bicyclic) bond motifs is 1. The lowest BCUT2D eigenvalue weighted by molar-refractivity contribution is 0.575. The molecule has 0 spiro atoms. The molecule has 1 atom stereocenters. The van der Waals surface area contributed by atoms with Crippen molar-refractivity contribution in [2.75, 3.05) is 6.54 Å². The van der Waals surface area contributed by atoms with E-state index in [9.17, 15) is 0 Å². The third kappa shape index (κ3) is 1.76. The highest BCUT2D eigenvalue weighted by molar-refractivity contribution is 9.11. The van der Waals surface area contributed by atoms with Gasteiger partial charge in [0.05, 0.1) is 15.5 Å². The normalized spacial score (nSPS) is 19.8. The second-order valence-electron chi connectivity index (χ2n) is 3.86. The van der Waals surface area contributed by atoms with E-state index in [1.165, 1.54) is 15.4 Å². The quantitative estimate of drug-likeness (QED) is 0.871. The van der Waals surface area contributed by atoms with Crippen LogP contribution in [0, 0.1) is 6.92 Å². The summed E-state index contributed by atoms with van der Waals surface area (Å²) in [4.78, 5) is 6.07. The van der Waals surface area contributed by atoms with E-state index in [-0.39, 0.29) is 0 Å². The molecule has 0 aromatic carbocycles. The average molecular weight is 315 g/mol. The molecule has 84 valence electrons. The van der Waals surface area contributed by atoms with Crippen molar-refractivity contribution in [3.05, 3.63) is 36.4 Å². The Hall–Kier alpha value is -0.230. The number of nitrogens with one attached hydrogen (secondary N) is 1. The molecule has 2 nitrogen and oxygen atoms in total. The molecular weight excluding hydrogens is 304 g/mol. The van der Waals surface area contributed by atoms with Gasteiger partial charge in [-0.3, -0.25) is 0 Å². The van der Waals surface area contributed by atoms with Crippen LogP contribution >= 0.6 is 38.6 Å². The first-order chi connectivity index (χ1) is 7.75. The van der Waals surface area contributed by atoms with Crippen molar-refractivity contribution < 1.29 is 0 Å². The van der Waals surface area contributed by atoms with Crippen molar-refractivity contribution in [2.24, 2.45) is 0 Å². The van der Waals surface area contributed by atoms with Crippen LogP contribution in [0.2, 0.25) is 0 Å². The van der Waals surface area contributed by atoms with Gasteiger partial charge >= 0.3 is 0 Å². The topological polar surface area (TPSA) is 24.9 Å². The van der Waals surface area contributed by atoms with Gasteiger partial charge in [-0.2, -0.15) is 0 Å².